The number of hydrogen-bond acceptors (Lipinski definition) is 2. The van der Waals surface area contributed by atoms with Gasteiger partial charge in [-0.05, 0) is 11.8 Å². The molecule has 0 aliphatic carbocycles. The number of aliphatic carboxylic acids is 1. The number of carbonyl (C=O) groups is 1. The number of likely N-dealkylation sites (tertiary alicyclic amines) is 1. The zero-order valence-electron chi connectivity index (χ0n) is 7.53. The quantitative estimate of drug-likeness (QED) is 0.631. The average Bonchev–Trinajstić information content (AvgIpc) is 2.28. The van der Waals surface area contributed by atoms with Crippen molar-refractivity contribution < 1.29 is 9.90 Å². The van der Waals surface area contributed by atoms with Crippen molar-refractivity contribution in [2.24, 2.45) is 11.8 Å². The van der Waals surface area contributed by atoms with Crippen LogP contribution in [0.5, 0.6) is 0 Å². The van der Waals surface area contributed by atoms with E-state index in [-0.39, 0.29) is 0 Å². The van der Waals surface area contributed by atoms with Gasteiger partial charge in [0.2, 0.25) is 0 Å². The van der Waals surface area contributed by atoms with Crippen LogP contribution in [0.25, 0.3) is 0 Å². The molecule has 12 heavy (non-hydrogen) atoms. The summed E-state index contributed by atoms with van der Waals surface area (Å²) >= 11 is 0. The maximum Gasteiger partial charge on any atom is 0.329 e. The Morgan fingerprint density at radius 2 is 1.92 bits per heavy atom. The van der Waals surface area contributed by atoms with Crippen LogP contribution in [0.4, 0.5) is 0 Å². The Kier molecular flexibility index (Phi) is 2.74. The monoisotopic (exact) mass is 169 g/mol. The smallest absolute Gasteiger partial charge is 0.329 e. The third kappa shape index (κ3) is 2.26. The first-order chi connectivity index (χ1) is 5.59. The molecular weight excluding hydrogens is 154 g/mol. The molecule has 2 atom stereocenters. The summed E-state index contributed by atoms with van der Waals surface area (Å²) in [6.45, 7) is 6.34. The molecule has 0 radical (unpaired) electrons. The third-order valence-electron chi connectivity index (χ3n) is 2.44. The van der Waals surface area contributed by atoms with E-state index in [0.717, 1.165) is 13.1 Å². The van der Waals surface area contributed by atoms with E-state index in [0.29, 0.717) is 11.8 Å². The van der Waals surface area contributed by atoms with E-state index in [1.165, 1.54) is 6.08 Å². The second-order valence-electron chi connectivity index (χ2n) is 3.56. The molecule has 0 saturated carbocycles. The van der Waals surface area contributed by atoms with Crippen molar-refractivity contribution >= 4 is 5.97 Å². The largest absolute Gasteiger partial charge is 0.478 e. The highest BCUT2D eigenvalue weighted by Crippen LogP contribution is 2.21. The summed E-state index contributed by atoms with van der Waals surface area (Å²) in [6.07, 6.45) is 2.87. The van der Waals surface area contributed by atoms with Crippen LogP contribution in [0.3, 0.4) is 0 Å². The lowest BCUT2D eigenvalue weighted by atomic mass is 10.0. The second-order valence-corrected chi connectivity index (χ2v) is 3.56. The standard InChI is InChI=1S/C9H15NO2/c1-7-5-10(6-8(7)2)4-3-9(11)12/h3-4,7-8H,5-6H2,1-2H3,(H,11,12)/b4-3+. The Morgan fingerprint density at radius 3 is 2.33 bits per heavy atom. The van der Waals surface area contributed by atoms with Crippen molar-refractivity contribution in [1.29, 1.82) is 0 Å². The highest BCUT2D eigenvalue weighted by Gasteiger charge is 2.23. The van der Waals surface area contributed by atoms with Crippen LogP contribution in [0.2, 0.25) is 0 Å². The van der Waals surface area contributed by atoms with Gasteiger partial charge in [-0.15, -0.1) is 0 Å². The third-order valence-corrected chi connectivity index (χ3v) is 2.44. The first-order valence-electron chi connectivity index (χ1n) is 4.24. The molecule has 1 aliphatic heterocycles. The summed E-state index contributed by atoms with van der Waals surface area (Å²) in [5, 5.41) is 8.39. The molecule has 1 fully saturated rings. The minimum absolute atomic E-state index is 0.670. The second kappa shape index (κ2) is 3.61. The van der Waals surface area contributed by atoms with Gasteiger partial charge >= 0.3 is 5.97 Å². The van der Waals surface area contributed by atoms with Crippen molar-refractivity contribution in [3.05, 3.63) is 12.3 Å². The molecule has 0 aromatic rings. The summed E-state index contributed by atoms with van der Waals surface area (Å²) < 4.78 is 0. The maximum atomic E-state index is 10.2. The van der Waals surface area contributed by atoms with Crippen molar-refractivity contribution in [1.82, 2.24) is 4.90 Å². The van der Waals surface area contributed by atoms with Crippen molar-refractivity contribution in [3.8, 4) is 0 Å². The van der Waals surface area contributed by atoms with Gasteiger partial charge in [-0.25, -0.2) is 4.79 Å². The summed E-state index contributed by atoms with van der Waals surface area (Å²) in [7, 11) is 0. The topological polar surface area (TPSA) is 40.5 Å². The van der Waals surface area contributed by atoms with Gasteiger partial charge in [0, 0.05) is 25.4 Å². The molecule has 68 valence electrons. The molecule has 0 amide bonds. The molecule has 1 N–H and O–H groups in total. The number of carboxylic acids is 1. The lowest BCUT2D eigenvalue weighted by molar-refractivity contribution is -0.131. The minimum atomic E-state index is -0.873. The predicted octanol–water partition coefficient (Wildman–Crippen LogP) is 1.17. The number of carboxylic acid groups (broad SMARTS) is 1. The van der Waals surface area contributed by atoms with E-state index in [1.807, 2.05) is 0 Å². The Hall–Kier alpha value is -0.990. The van der Waals surface area contributed by atoms with Crippen LogP contribution in [-0.4, -0.2) is 29.1 Å². The Balaban J connectivity index is 2.42. The van der Waals surface area contributed by atoms with Crippen molar-refractivity contribution in [2.45, 2.75) is 13.8 Å². The van der Waals surface area contributed by atoms with E-state index in [9.17, 15) is 4.79 Å². The maximum absolute atomic E-state index is 10.2. The molecule has 1 rings (SSSR count). The zero-order chi connectivity index (χ0) is 9.14. The Bertz CT molecular complexity index is 191. The van der Waals surface area contributed by atoms with Crippen LogP contribution < -0.4 is 0 Å². The van der Waals surface area contributed by atoms with Crippen LogP contribution >= 0.6 is 0 Å². The van der Waals surface area contributed by atoms with Crippen LogP contribution in [-0.2, 0) is 4.79 Å². The molecule has 3 heteroatoms. The molecule has 1 saturated heterocycles. The summed E-state index contributed by atoms with van der Waals surface area (Å²) in [4.78, 5) is 12.3. The van der Waals surface area contributed by atoms with Crippen LogP contribution in [0.1, 0.15) is 13.8 Å². The number of hydrogen-bond donors (Lipinski definition) is 1. The highest BCUT2D eigenvalue weighted by atomic mass is 16.4. The van der Waals surface area contributed by atoms with E-state index in [1.54, 1.807) is 6.20 Å². The lowest BCUT2D eigenvalue weighted by Crippen LogP contribution is -2.13. The summed E-state index contributed by atoms with van der Waals surface area (Å²) in [5.41, 5.74) is 0. The average molecular weight is 169 g/mol. The molecule has 1 aliphatic rings. The molecule has 0 spiro atoms. The van der Waals surface area contributed by atoms with Gasteiger partial charge in [0.15, 0.2) is 0 Å². The van der Waals surface area contributed by atoms with Gasteiger partial charge in [0.1, 0.15) is 0 Å². The van der Waals surface area contributed by atoms with E-state index in [4.69, 9.17) is 5.11 Å². The van der Waals surface area contributed by atoms with Crippen molar-refractivity contribution in [3.63, 3.8) is 0 Å². The van der Waals surface area contributed by atoms with Crippen LogP contribution in [0.15, 0.2) is 12.3 Å². The minimum Gasteiger partial charge on any atom is -0.478 e. The van der Waals surface area contributed by atoms with Gasteiger partial charge in [0.25, 0.3) is 0 Å². The molecular formula is C9H15NO2. The van der Waals surface area contributed by atoms with Crippen LogP contribution in [0, 0.1) is 11.8 Å². The molecule has 3 nitrogen and oxygen atoms in total. The molecule has 0 aromatic heterocycles. The normalized spacial score (nSPS) is 30.0. The summed E-state index contributed by atoms with van der Waals surface area (Å²) in [5.74, 6) is 0.467. The van der Waals surface area contributed by atoms with E-state index >= 15 is 0 Å². The molecule has 1 heterocycles. The number of nitrogens with zero attached hydrogens (tertiary/aromatic N) is 1. The van der Waals surface area contributed by atoms with Gasteiger partial charge in [0.05, 0.1) is 0 Å². The van der Waals surface area contributed by atoms with Gasteiger partial charge in [-0.2, -0.15) is 0 Å². The lowest BCUT2D eigenvalue weighted by Gasteiger charge is -2.10. The molecule has 2 unspecified atom stereocenters. The Morgan fingerprint density at radius 1 is 1.42 bits per heavy atom. The first-order valence-corrected chi connectivity index (χ1v) is 4.24. The SMILES string of the molecule is CC1CN(/C=C/C(=O)O)CC1C. The summed E-state index contributed by atoms with van der Waals surface area (Å²) in [6, 6.07) is 0. The molecule has 0 aromatic carbocycles. The molecule has 0 bridgehead atoms. The Labute approximate surface area is 72.7 Å². The highest BCUT2D eigenvalue weighted by molar-refractivity contribution is 5.79. The predicted molar refractivity (Wildman–Crippen MR) is 46.7 cm³/mol. The van der Waals surface area contributed by atoms with Gasteiger partial charge < -0.3 is 10.0 Å². The first kappa shape index (κ1) is 9.10. The van der Waals surface area contributed by atoms with Gasteiger partial charge in [-0.1, -0.05) is 13.8 Å². The fraction of sp³-hybridized carbons (Fsp3) is 0.667. The van der Waals surface area contributed by atoms with E-state index in [2.05, 4.69) is 18.7 Å². The number of rotatable bonds is 2. The van der Waals surface area contributed by atoms with Gasteiger partial charge in [-0.3, -0.25) is 0 Å². The fourth-order valence-corrected chi connectivity index (χ4v) is 1.47. The van der Waals surface area contributed by atoms with Crippen molar-refractivity contribution in [2.75, 3.05) is 13.1 Å². The zero-order valence-corrected chi connectivity index (χ0v) is 7.53. The fourth-order valence-electron chi connectivity index (χ4n) is 1.47. The van der Waals surface area contributed by atoms with E-state index < -0.39 is 5.97 Å².